The van der Waals surface area contributed by atoms with Crippen LogP contribution in [0, 0.1) is 25.7 Å². The predicted octanol–water partition coefficient (Wildman–Crippen LogP) is 4.61. The highest BCUT2D eigenvalue weighted by Crippen LogP contribution is 2.41. The Labute approximate surface area is 197 Å². The van der Waals surface area contributed by atoms with Gasteiger partial charge in [0.25, 0.3) is 0 Å². The van der Waals surface area contributed by atoms with Crippen molar-refractivity contribution in [2.24, 2.45) is 11.8 Å². The van der Waals surface area contributed by atoms with E-state index in [2.05, 4.69) is 27.1 Å². The van der Waals surface area contributed by atoms with Crippen LogP contribution in [0.25, 0.3) is 21.9 Å². The number of nitrogens with two attached hydrogens (primary N) is 1. The van der Waals surface area contributed by atoms with E-state index in [1.54, 1.807) is 7.11 Å². The highest BCUT2D eigenvalue weighted by atomic mass is 35.5. The molecule has 4 atom stereocenters. The van der Waals surface area contributed by atoms with Crippen LogP contribution < -0.4 is 5.73 Å². The number of rotatable bonds is 5. The molecule has 8 heteroatoms. The first kappa shape index (κ1) is 22.1. The molecule has 172 valence electrons. The normalized spacial score (nSPS) is 21.8. The first-order valence-corrected chi connectivity index (χ1v) is 11.6. The molecule has 1 fully saturated rings. The third-order valence-electron chi connectivity index (χ3n) is 6.93. The SMILES string of the molecule is COC1C(Cc2ccc3cc(Cl)c(N)nc3c2)CCC1C(O)n1ccc2c(C)nc(C)nc21. The highest BCUT2D eigenvalue weighted by Gasteiger charge is 2.41. The predicted molar refractivity (Wildman–Crippen MR) is 130 cm³/mol. The smallest absolute Gasteiger partial charge is 0.146 e. The second kappa shape index (κ2) is 8.56. The molecule has 1 aliphatic carbocycles. The average Bonchev–Trinajstić information content (AvgIpc) is 3.38. The zero-order chi connectivity index (χ0) is 23.3. The van der Waals surface area contributed by atoms with Crippen molar-refractivity contribution in [1.82, 2.24) is 19.5 Å². The lowest BCUT2D eigenvalue weighted by Gasteiger charge is -2.28. The number of hydrogen-bond acceptors (Lipinski definition) is 6. The van der Waals surface area contributed by atoms with Gasteiger partial charge in [0, 0.05) is 30.0 Å². The number of benzene rings is 1. The van der Waals surface area contributed by atoms with Crippen molar-refractivity contribution < 1.29 is 9.84 Å². The Morgan fingerprint density at radius 3 is 2.79 bits per heavy atom. The molecule has 0 saturated heterocycles. The van der Waals surface area contributed by atoms with Crippen LogP contribution in [0.5, 0.6) is 0 Å². The van der Waals surface area contributed by atoms with Crippen molar-refractivity contribution in [3.05, 3.63) is 58.6 Å². The first-order valence-electron chi connectivity index (χ1n) is 11.2. The molecule has 33 heavy (non-hydrogen) atoms. The summed E-state index contributed by atoms with van der Waals surface area (Å²) in [7, 11) is 1.73. The maximum Gasteiger partial charge on any atom is 0.146 e. The molecule has 4 aromatic rings. The van der Waals surface area contributed by atoms with E-state index in [0.29, 0.717) is 16.7 Å². The van der Waals surface area contributed by atoms with Crippen molar-refractivity contribution in [3.8, 4) is 0 Å². The second-order valence-corrected chi connectivity index (χ2v) is 9.43. The van der Waals surface area contributed by atoms with Gasteiger partial charge in [-0.05, 0) is 62.8 Å². The number of anilines is 1. The molecule has 1 aliphatic rings. The summed E-state index contributed by atoms with van der Waals surface area (Å²) in [5.41, 5.74) is 9.59. The lowest BCUT2D eigenvalue weighted by Crippen LogP contribution is -2.31. The second-order valence-electron chi connectivity index (χ2n) is 9.02. The average molecular weight is 466 g/mol. The minimum absolute atomic E-state index is 0.0285. The summed E-state index contributed by atoms with van der Waals surface area (Å²) < 4.78 is 7.81. The monoisotopic (exact) mass is 465 g/mol. The molecular weight excluding hydrogens is 438 g/mol. The van der Waals surface area contributed by atoms with Crippen LogP contribution in [0.3, 0.4) is 0 Å². The van der Waals surface area contributed by atoms with Gasteiger partial charge in [0.05, 0.1) is 22.3 Å². The van der Waals surface area contributed by atoms with Crippen molar-refractivity contribution in [1.29, 1.82) is 0 Å². The largest absolute Gasteiger partial charge is 0.382 e. The van der Waals surface area contributed by atoms with Crippen molar-refractivity contribution in [2.45, 2.75) is 45.4 Å². The molecule has 0 aliphatic heterocycles. The number of aliphatic hydroxyl groups is 1. The van der Waals surface area contributed by atoms with Gasteiger partial charge in [0.1, 0.15) is 23.5 Å². The molecule has 0 amide bonds. The fourth-order valence-corrected chi connectivity index (χ4v) is 5.52. The van der Waals surface area contributed by atoms with E-state index >= 15 is 0 Å². The lowest BCUT2D eigenvalue weighted by molar-refractivity contribution is -0.0434. The molecule has 3 N–H and O–H groups in total. The van der Waals surface area contributed by atoms with Crippen LogP contribution in [0.4, 0.5) is 5.82 Å². The number of halogens is 1. The maximum atomic E-state index is 11.4. The first-order chi connectivity index (χ1) is 15.9. The summed E-state index contributed by atoms with van der Waals surface area (Å²) in [6, 6.07) is 10.0. The van der Waals surface area contributed by atoms with Gasteiger partial charge in [-0.2, -0.15) is 0 Å². The van der Waals surface area contributed by atoms with Crippen LogP contribution in [0.2, 0.25) is 5.02 Å². The summed E-state index contributed by atoms with van der Waals surface area (Å²) in [4.78, 5) is 13.5. The van der Waals surface area contributed by atoms with Crippen molar-refractivity contribution in [2.75, 3.05) is 12.8 Å². The van der Waals surface area contributed by atoms with E-state index in [4.69, 9.17) is 22.1 Å². The fraction of sp³-hybridized carbons (Fsp3) is 0.400. The standard InChI is InChI=1S/C25H28ClN5O2/c1-13-18-8-9-31(24(18)29-14(2)28-13)25(32)19-7-6-17(22(19)33-3)10-15-4-5-16-12-20(26)23(27)30-21(16)11-15/h4-5,8-9,11-12,17,19,22,25,32H,6-7,10H2,1-3H3,(H2,27,30). The minimum Gasteiger partial charge on any atom is -0.382 e. The van der Waals surface area contributed by atoms with E-state index < -0.39 is 6.23 Å². The molecule has 0 radical (unpaired) electrons. The third-order valence-corrected chi connectivity index (χ3v) is 7.24. The zero-order valence-electron chi connectivity index (χ0n) is 19.0. The molecule has 4 unspecified atom stereocenters. The van der Waals surface area contributed by atoms with E-state index in [9.17, 15) is 5.11 Å². The maximum absolute atomic E-state index is 11.4. The molecule has 5 rings (SSSR count). The Kier molecular flexibility index (Phi) is 5.72. The van der Waals surface area contributed by atoms with E-state index in [-0.39, 0.29) is 17.9 Å². The van der Waals surface area contributed by atoms with Crippen molar-refractivity contribution >= 4 is 39.4 Å². The Bertz CT molecular complexity index is 1340. The summed E-state index contributed by atoms with van der Waals surface area (Å²) in [5, 5.41) is 13.8. The number of fused-ring (bicyclic) bond motifs is 2. The summed E-state index contributed by atoms with van der Waals surface area (Å²) in [6.45, 7) is 3.84. The lowest BCUT2D eigenvalue weighted by atomic mass is 9.92. The zero-order valence-corrected chi connectivity index (χ0v) is 19.8. The number of hydrogen-bond donors (Lipinski definition) is 2. The number of aryl methyl sites for hydroxylation is 2. The van der Waals surface area contributed by atoms with E-state index in [1.165, 1.54) is 5.56 Å². The Hall–Kier alpha value is -2.74. The molecule has 0 bridgehead atoms. The van der Waals surface area contributed by atoms with Crippen LogP contribution >= 0.6 is 11.6 Å². The van der Waals surface area contributed by atoms with Gasteiger partial charge in [-0.25, -0.2) is 15.0 Å². The van der Waals surface area contributed by atoms with Crippen LogP contribution in [-0.2, 0) is 11.2 Å². The van der Waals surface area contributed by atoms with Gasteiger partial charge in [0.2, 0.25) is 0 Å². The number of aliphatic hydroxyl groups excluding tert-OH is 1. The van der Waals surface area contributed by atoms with E-state index in [0.717, 1.165) is 46.9 Å². The number of aromatic nitrogens is 4. The number of pyridine rings is 1. The summed E-state index contributed by atoms with van der Waals surface area (Å²) in [6.07, 6.45) is 3.81. The van der Waals surface area contributed by atoms with Crippen LogP contribution in [-0.4, -0.2) is 37.8 Å². The molecule has 3 heterocycles. The number of nitrogen functional groups attached to an aromatic ring is 1. The van der Waals surface area contributed by atoms with Gasteiger partial charge in [-0.1, -0.05) is 23.7 Å². The number of nitrogens with zero attached hydrogens (tertiary/aromatic N) is 4. The summed E-state index contributed by atoms with van der Waals surface area (Å²) >= 11 is 6.11. The molecule has 7 nitrogen and oxygen atoms in total. The molecule has 3 aromatic heterocycles. The van der Waals surface area contributed by atoms with Crippen LogP contribution in [0.15, 0.2) is 36.5 Å². The Morgan fingerprint density at radius 2 is 2.00 bits per heavy atom. The topological polar surface area (TPSA) is 99.1 Å². The van der Waals surface area contributed by atoms with E-state index in [1.807, 2.05) is 42.8 Å². The van der Waals surface area contributed by atoms with Gasteiger partial charge >= 0.3 is 0 Å². The van der Waals surface area contributed by atoms with Gasteiger partial charge in [-0.3, -0.25) is 0 Å². The minimum atomic E-state index is -0.716. The van der Waals surface area contributed by atoms with Gasteiger partial charge < -0.3 is 20.1 Å². The molecule has 1 aromatic carbocycles. The Balaban J connectivity index is 1.39. The molecular formula is C25H28ClN5O2. The molecule has 0 spiro atoms. The summed E-state index contributed by atoms with van der Waals surface area (Å²) in [5.74, 6) is 1.30. The van der Waals surface area contributed by atoms with Crippen molar-refractivity contribution in [3.63, 3.8) is 0 Å². The van der Waals surface area contributed by atoms with Gasteiger partial charge in [0.15, 0.2) is 0 Å². The van der Waals surface area contributed by atoms with Crippen LogP contribution in [0.1, 0.15) is 36.2 Å². The Morgan fingerprint density at radius 1 is 1.18 bits per heavy atom. The fourth-order valence-electron chi connectivity index (χ4n) is 5.36. The van der Waals surface area contributed by atoms with Gasteiger partial charge in [-0.15, -0.1) is 0 Å². The third kappa shape index (κ3) is 3.94. The molecule has 1 saturated carbocycles. The number of ether oxygens (including phenoxy) is 1. The highest BCUT2D eigenvalue weighted by molar-refractivity contribution is 6.33. The quantitative estimate of drug-likeness (QED) is 0.446. The number of methoxy groups -OCH3 is 1.